The van der Waals surface area contributed by atoms with Gasteiger partial charge in [-0.15, -0.1) is 0 Å². The number of hydrogen-bond donors (Lipinski definition) is 14. The first-order valence-corrected chi connectivity index (χ1v) is 23.9. The Kier molecular flexibility index (Phi) is 14.9. The molecule has 4 heterocycles. The monoisotopic (exact) mass is 1010 g/mol. The van der Waals surface area contributed by atoms with E-state index >= 15 is 9.59 Å². The number of nitrogens with one attached hydrogen (secondary N) is 3. The fourth-order valence-corrected chi connectivity index (χ4v) is 11.0. The molecule has 0 spiro atoms. The molecule has 17 N–H and O–H groups in total. The summed E-state index contributed by atoms with van der Waals surface area (Å²) < 4.78 is 17.6. The number of guanidine groups is 1. The van der Waals surface area contributed by atoms with Crippen LogP contribution in [0.25, 0.3) is 0 Å². The SMILES string of the molecule is CCc1c(OC)cc(OC2OC(O)(C(O)O)C(O)(CC(CN3C(=O)C=CC3=O)C3=CCNC(N)=C3)C(O)C2O)c2c1C(=O)c1c3c(c(CNC(N)=NC)c(O)c1C2=O)CC(C1=CNC(N)C=C1)C(CCO)CC3. The highest BCUT2D eigenvalue weighted by atomic mass is 16.8. The van der Waals surface area contributed by atoms with Crippen molar-refractivity contribution in [3.05, 3.63) is 110 Å². The summed E-state index contributed by atoms with van der Waals surface area (Å²) in [5, 5.41) is 102. The first kappa shape index (κ1) is 52.6. The van der Waals surface area contributed by atoms with Crippen LogP contribution in [0.4, 0.5) is 0 Å². The van der Waals surface area contributed by atoms with Gasteiger partial charge in [0.25, 0.3) is 17.6 Å². The van der Waals surface area contributed by atoms with E-state index in [1.165, 1.54) is 26.3 Å². The van der Waals surface area contributed by atoms with Gasteiger partial charge in [0.1, 0.15) is 29.5 Å². The molecule has 2 aromatic carbocycles. The highest BCUT2D eigenvalue weighted by Gasteiger charge is 2.68. The van der Waals surface area contributed by atoms with Gasteiger partial charge in [0, 0.05) is 85.9 Å². The predicted molar refractivity (Wildman–Crippen MR) is 259 cm³/mol. The number of rotatable bonds is 15. The highest BCUT2D eigenvalue weighted by molar-refractivity contribution is 6.31. The molecule has 8 rings (SSSR count). The van der Waals surface area contributed by atoms with Crippen molar-refractivity contribution in [1.82, 2.24) is 20.9 Å². The van der Waals surface area contributed by atoms with Gasteiger partial charge in [0.05, 0.1) is 30.2 Å². The van der Waals surface area contributed by atoms with Crippen LogP contribution in [0.1, 0.15) is 80.3 Å². The average molecular weight is 1020 g/mol. The summed E-state index contributed by atoms with van der Waals surface area (Å²) in [4.78, 5) is 61.2. The van der Waals surface area contributed by atoms with Gasteiger partial charge in [-0.3, -0.25) is 29.1 Å². The van der Waals surface area contributed by atoms with Gasteiger partial charge in [-0.2, -0.15) is 0 Å². The second-order valence-corrected chi connectivity index (χ2v) is 18.9. The van der Waals surface area contributed by atoms with Crippen LogP contribution in [0, 0.1) is 17.8 Å². The van der Waals surface area contributed by atoms with Gasteiger partial charge in [0.15, 0.2) is 17.3 Å². The van der Waals surface area contributed by atoms with Crippen molar-refractivity contribution in [2.45, 2.75) is 94.3 Å². The third-order valence-corrected chi connectivity index (χ3v) is 14.9. The van der Waals surface area contributed by atoms with E-state index < -0.39 is 107 Å². The van der Waals surface area contributed by atoms with Gasteiger partial charge in [-0.25, -0.2) is 0 Å². The number of ketones is 2. The normalized spacial score (nSPS) is 28.3. The van der Waals surface area contributed by atoms with Crippen LogP contribution >= 0.6 is 0 Å². The summed E-state index contributed by atoms with van der Waals surface area (Å²) in [7, 11) is 2.75. The number of hydrogen-bond acceptors (Lipinski definition) is 20. The molecule has 73 heavy (non-hydrogen) atoms. The number of phenolic OH excluding ortho intramolecular Hbond substituents is 1. The van der Waals surface area contributed by atoms with E-state index in [-0.39, 0.29) is 96.2 Å². The van der Waals surface area contributed by atoms with Crippen molar-refractivity contribution in [2.24, 2.45) is 39.9 Å². The number of amides is 2. The van der Waals surface area contributed by atoms with Gasteiger partial charge in [-0.05, 0) is 84.8 Å². The summed E-state index contributed by atoms with van der Waals surface area (Å²) in [5.74, 6) is -9.23. The minimum absolute atomic E-state index is 0.0102. The lowest BCUT2D eigenvalue weighted by Gasteiger charge is -2.54. The quantitative estimate of drug-likeness (QED) is 0.0249. The van der Waals surface area contributed by atoms with Crippen molar-refractivity contribution in [2.75, 3.05) is 33.9 Å². The Hall–Kier alpha value is -6.67. The molecule has 6 aliphatic rings. The number of carbonyl (C=O) groups is 4. The first-order chi connectivity index (χ1) is 34.7. The molecule has 23 nitrogen and oxygen atoms in total. The number of nitrogens with two attached hydrogens (primary N) is 3. The minimum atomic E-state index is -3.65. The van der Waals surface area contributed by atoms with Gasteiger partial charge >= 0.3 is 0 Å². The zero-order chi connectivity index (χ0) is 52.8. The van der Waals surface area contributed by atoms with Crippen molar-refractivity contribution in [3.63, 3.8) is 0 Å². The van der Waals surface area contributed by atoms with E-state index in [1.54, 1.807) is 19.1 Å². The predicted octanol–water partition coefficient (Wildman–Crippen LogP) is -2.35. The lowest BCUT2D eigenvalue weighted by molar-refractivity contribution is -0.456. The van der Waals surface area contributed by atoms with Crippen LogP contribution in [0.5, 0.6) is 17.2 Å². The van der Waals surface area contributed by atoms with Crippen molar-refractivity contribution in [3.8, 4) is 17.2 Å². The third kappa shape index (κ3) is 9.25. The number of aliphatic imine (C=N–C) groups is 1. The molecule has 0 bridgehead atoms. The van der Waals surface area contributed by atoms with E-state index in [4.69, 9.17) is 31.4 Å². The number of fused-ring (bicyclic) bond motifs is 4. The van der Waals surface area contributed by atoms with Crippen LogP contribution in [-0.4, -0.2) is 151 Å². The molecular weight excluding hydrogens is 953 g/mol. The standard InChI is InChI=1S/C50H62N8O15/c1-4-26-31(71-3)17-32(72-46-44(65)45(66)49(69,50(70,73-46)47(67)68)18-25(23-11-13-55-34(52)15-23)21-58-35(60)9-10-36(58)61)39-37(26)42(63)38-27-7-5-22(12-14-59)28(24-6-8-33(51)56-19-24)16-29(27)30(20-57-48(53)54-2)41(62)40(38)43(39)64/h6,8-11,15,17,19,22,25,28,33,44-47,55-56,59,62,65-70H,4-5,7,12-14,16,18,20-21,51-52H2,1-3H3,(H3,53,54,57). The Balaban J connectivity index is 1.23. The fourth-order valence-electron chi connectivity index (χ4n) is 11.0. The number of carbonyl (C=O) groups excluding carboxylic acids is 4. The maximum absolute atomic E-state index is 15.5. The largest absolute Gasteiger partial charge is 0.507 e. The summed E-state index contributed by atoms with van der Waals surface area (Å²) in [6, 6.07) is 1.19. The maximum atomic E-state index is 15.5. The molecule has 2 aliphatic carbocycles. The second-order valence-electron chi connectivity index (χ2n) is 18.9. The number of benzene rings is 2. The molecule has 9 unspecified atom stereocenters. The van der Waals surface area contributed by atoms with E-state index in [1.807, 2.05) is 12.3 Å². The number of phenols is 1. The van der Waals surface area contributed by atoms with Crippen LogP contribution in [0.2, 0.25) is 0 Å². The molecular formula is C50H62N8O15. The molecule has 4 aliphatic heterocycles. The summed E-state index contributed by atoms with van der Waals surface area (Å²) in [6.07, 6.45) is 0.247. The Labute approximate surface area is 419 Å². The topological polar surface area (TPSA) is 388 Å². The number of methoxy groups -OCH3 is 1. The number of ether oxygens (including phenoxy) is 3. The van der Waals surface area contributed by atoms with Crippen LogP contribution in [0.3, 0.4) is 0 Å². The third-order valence-electron chi connectivity index (χ3n) is 14.9. The van der Waals surface area contributed by atoms with E-state index in [2.05, 4.69) is 20.9 Å². The molecule has 2 aromatic rings. The summed E-state index contributed by atoms with van der Waals surface area (Å²) >= 11 is 0. The number of dihydropyridines is 2. The van der Waals surface area contributed by atoms with Crippen LogP contribution in [0.15, 0.2) is 70.7 Å². The van der Waals surface area contributed by atoms with Gasteiger partial charge in [0.2, 0.25) is 18.4 Å². The van der Waals surface area contributed by atoms with Crippen molar-refractivity contribution < 1.29 is 74.2 Å². The first-order valence-electron chi connectivity index (χ1n) is 23.9. The van der Waals surface area contributed by atoms with Crippen LogP contribution < -0.4 is 42.6 Å². The zero-order valence-electron chi connectivity index (χ0n) is 40.4. The van der Waals surface area contributed by atoms with Crippen molar-refractivity contribution >= 4 is 29.3 Å². The number of aliphatic hydroxyl groups excluding tert-OH is 4. The highest BCUT2D eigenvalue weighted by Crippen LogP contribution is 2.50. The van der Waals surface area contributed by atoms with Crippen molar-refractivity contribution in [1.29, 1.82) is 0 Å². The number of imide groups is 1. The molecule has 1 saturated heterocycles. The molecule has 1 fully saturated rings. The van der Waals surface area contributed by atoms with E-state index in [0.29, 0.717) is 24.0 Å². The van der Waals surface area contributed by atoms with E-state index in [9.17, 15) is 50.4 Å². The molecule has 2 amide bonds. The Bertz CT molecular complexity index is 2770. The minimum Gasteiger partial charge on any atom is -0.507 e. The maximum Gasteiger partial charge on any atom is 0.253 e. The number of allylic oxidation sites excluding steroid dienone is 3. The molecule has 23 heteroatoms. The number of aliphatic hydroxyl groups is 7. The summed E-state index contributed by atoms with van der Waals surface area (Å²) in [6.45, 7) is 1.10. The average Bonchev–Trinajstić information content (AvgIpc) is 3.56. The summed E-state index contributed by atoms with van der Waals surface area (Å²) in [5.41, 5.74) is 16.5. The lowest BCUT2D eigenvalue weighted by Crippen LogP contribution is -2.77. The van der Waals surface area contributed by atoms with E-state index in [0.717, 1.165) is 22.6 Å². The number of nitrogens with zero attached hydrogens (tertiary/aromatic N) is 2. The van der Waals surface area contributed by atoms with Gasteiger partial charge < -0.3 is 88.2 Å². The zero-order valence-corrected chi connectivity index (χ0v) is 40.4. The smallest absolute Gasteiger partial charge is 0.253 e. The molecule has 0 saturated carbocycles. The Morgan fingerprint density at radius 3 is 2.36 bits per heavy atom. The Morgan fingerprint density at radius 2 is 1.74 bits per heavy atom. The molecule has 9 atom stereocenters. The van der Waals surface area contributed by atoms with Gasteiger partial charge in [-0.1, -0.05) is 19.1 Å². The molecule has 392 valence electrons. The molecule has 0 aromatic heterocycles. The van der Waals surface area contributed by atoms with Crippen LogP contribution in [-0.2, 0) is 40.1 Å². The fraction of sp³-hybridized carbons (Fsp3) is 0.460. The number of aromatic hydroxyl groups is 1. The molecule has 0 radical (unpaired) electrons. The lowest BCUT2D eigenvalue weighted by atomic mass is 9.73. The second kappa shape index (κ2) is 20.7. The Morgan fingerprint density at radius 1 is 1.03 bits per heavy atom.